The van der Waals surface area contributed by atoms with Crippen LogP contribution in [0.5, 0.6) is 0 Å². The highest BCUT2D eigenvalue weighted by atomic mass is 32.2. The summed E-state index contributed by atoms with van der Waals surface area (Å²) >= 11 is 1.26. The second-order valence-corrected chi connectivity index (χ2v) is 7.12. The number of nitrogens with one attached hydrogen (secondary N) is 1. The Balaban J connectivity index is 1.72. The molecule has 0 bridgehead atoms. The maximum atomic E-state index is 12.3. The van der Waals surface area contributed by atoms with Crippen molar-refractivity contribution in [3.63, 3.8) is 0 Å². The van der Waals surface area contributed by atoms with Gasteiger partial charge in [0.25, 0.3) is 5.91 Å². The number of amides is 1. The first-order valence-electron chi connectivity index (χ1n) is 8.44. The van der Waals surface area contributed by atoms with Crippen molar-refractivity contribution in [3.05, 3.63) is 47.8 Å². The van der Waals surface area contributed by atoms with E-state index in [2.05, 4.69) is 15.6 Å². The number of hydrogen-bond donors (Lipinski definition) is 4. The van der Waals surface area contributed by atoms with Crippen LogP contribution in [0.4, 0.5) is 0 Å². The van der Waals surface area contributed by atoms with Crippen LogP contribution in [0.2, 0.25) is 0 Å². The lowest BCUT2D eigenvalue weighted by Gasteiger charge is -2.41. The maximum Gasteiger partial charge on any atom is 0.273 e. The number of ether oxygens (including phenoxy) is 1. The Morgan fingerprint density at radius 2 is 2.04 bits per heavy atom. The minimum absolute atomic E-state index is 0.0677. The number of nitrogens with zero attached hydrogens (tertiary/aromatic N) is 3. The fraction of sp³-hybridized carbons (Fsp3) is 0.471. The summed E-state index contributed by atoms with van der Waals surface area (Å²) in [5, 5.41) is 40.8. The van der Waals surface area contributed by atoms with Gasteiger partial charge in [0.15, 0.2) is 5.69 Å². The minimum Gasteiger partial charge on any atom is -0.394 e. The third-order valence-electron chi connectivity index (χ3n) is 4.43. The zero-order valence-electron chi connectivity index (χ0n) is 14.7. The highest BCUT2D eigenvalue weighted by Crippen LogP contribution is 2.33. The lowest BCUT2D eigenvalue weighted by atomic mass is 9.97. The molecule has 2 heterocycles. The molecule has 146 valence electrons. The van der Waals surface area contributed by atoms with E-state index in [-0.39, 0.29) is 5.69 Å². The first-order chi connectivity index (χ1) is 13.0. The van der Waals surface area contributed by atoms with Gasteiger partial charge in [0.2, 0.25) is 0 Å². The van der Waals surface area contributed by atoms with E-state index < -0.39 is 42.3 Å². The van der Waals surface area contributed by atoms with Crippen LogP contribution >= 0.6 is 11.8 Å². The van der Waals surface area contributed by atoms with Crippen molar-refractivity contribution in [2.24, 2.45) is 0 Å². The third-order valence-corrected chi connectivity index (χ3v) is 5.28. The van der Waals surface area contributed by atoms with E-state index >= 15 is 0 Å². The molecule has 1 aliphatic rings. The summed E-state index contributed by atoms with van der Waals surface area (Å²) in [6.07, 6.45) is -0.0272. The molecule has 4 N–H and O–H groups in total. The standard InChI is InChI=1S/C17H22N4O5S/c1-27-17-15(24)13(14(23)12(9-22)26-17)21-8-11(19-20-21)16(25)18-7-10-5-3-2-4-6-10/h2-6,8,12-15,17,22-24H,7,9H2,1H3,(H,18,25)/t12?,13?,14-,15?,17-/m0/s1. The van der Waals surface area contributed by atoms with Gasteiger partial charge in [0.05, 0.1) is 12.8 Å². The molecule has 2 aromatic rings. The second-order valence-electron chi connectivity index (χ2n) is 6.19. The first-order valence-corrected chi connectivity index (χ1v) is 9.73. The number of aliphatic hydroxyl groups excluding tert-OH is 3. The van der Waals surface area contributed by atoms with Crippen molar-refractivity contribution < 1.29 is 24.9 Å². The molecule has 1 fully saturated rings. The van der Waals surface area contributed by atoms with Gasteiger partial charge in [0, 0.05) is 6.54 Å². The fourth-order valence-electron chi connectivity index (χ4n) is 2.97. The first kappa shape index (κ1) is 19.8. The van der Waals surface area contributed by atoms with Crippen LogP contribution in [-0.4, -0.2) is 72.8 Å². The van der Waals surface area contributed by atoms with Gasteiger partial charge in [-0.25, -0.2) is 4.68 Å². The van der Waals surface area contributed by atoms with E-state index in [9.17, 15) is 20.1 Å². The molecule has 1 amide bonds. The van der Waals surface area contributed by atoms with Crippen molar-refractivity contribution >= 4 is 17.7 Å². The van der Waals surface area contributed by atoms with Gasteiger partial charge in [0.1, 0.15) is 29.8 Å². The van der Waals surface area contributed by atoms with E-state index in [0.717, 1.165) is 5.56 Å². The van der Waals surface area contributed by atoms with Crippen molar-refractivity contribution in [3.8, 4) is 0 Å². The number of benzene rings is 1. The normalized spacial score (nSPS) is 28.1. The van der Waals surface area contributed by atoms with Gasteiger partial charge in [-0.2, -0.15) is 0 Å². The molecule has 3 rings (SSSR count). The number of carbonyl (C=O) groups is 1. The number of aromatic nitrogens is 3. The van der Waals surface area contributed by atoms with Crippen LogP contribution < -0.4 is 5.32 Å². The zero-order chi connectivity index (χ0) is 19.4. The molecule has 0 radical (unpaired) electrons. The average molecular weight is 394 g/mol. The Labute approximate surface area is 160 Å². The third kappa shape index (κ3) is 4.30. The monoisotopic (exact) mass is 394 g/mol. The Bertz CT molecular complexity index is 743. The van der Waals surface area contributed by atoms with Gasteiger partial charge in [-0.05, 0) is 11.8 Å². The van der Waals surface area contributed by atoms with Gasteiger partial charge in [-0.3, -0.25) is 4.79 Å². The average Bonchev–Trinajstić information content (AvgIpc) is 3.17. The summed E-state index contributed by atoms with van der Waals surface area (Å²) in [6.45, 7) is -0.0588. The summed E-state index contributed by atoms with van der Waals surface area (Å²) in [4.78, 5) is 12.3. The maximum absolute atomic E-state index is 12.3. The number of aliphatic hydroxyl groups is 3. The molecule has 5 atom stereocenters. The molecule has 1 aromatic heterocycles. The molecule has 0 aliphatic carbocycles. The largest absolute Gasteiger partial charge is 0.394 e. The van der Waals surface area contributed by atoms with Gasteiger partial charge in [-0.1, -0.05) is 35.5 Å². The molecule has 3 unspecified atom stereocenters. The van der Waals surface area contributed by atoms with Crippen LogP contribution in [0.25, 0.3) is 0 Å². The Hall–Kier alpha value is -1.98. The number of thioether (sulfide) groups is 1. The zero-order valence-corrected chi connectivity index (χ0v) is 15.5. The Kier molecular flexibility index (Phi) is 6.45. The van der Waals surface area contributed by atoms with Gasteiger partial charge in [-0.15, -0.1) is 16.9 Å². The summed E-state index contributed by atoms with van der Waals surface area (Å²) in [5.74, 6) is -0.415. The topological polar surface area (TPSA) is 130 Å². The SMILES string of the molecule is CS[C@@H]1OC(CO)[C@H](O)C(n2cc(C(=O)NCc3ccccc3)nn2)C1O. The second kappa shape index (κ2) is 8.81. The number of carbonyl (C=O) groups excluding carboxylic acids is 1. The van der Waals surface area contributed by atoms with E-state index in [1.165, 1.54) is 22.6 Å². The van der Waals surface area contributed by atoms with Crippen LogP contribution in [0.3, 0.4) is 0 Å². The molecular formula is C17H22N4O5S. The molecule has 9 nitrogen and oxygen atoms in total. The predicted molar refractivity (Wildman–Crippen MR) is 97.9 cm³/mol. The molecule has 1 saturated heterocycles. The van der Waals surface area contributed by atoms with E-state index in [1.54, 1.807) is 6.26 Å². The molecule has 27 heavy (non-hydrogen) atoms. The summed E-state index contributed by atoms with van der Waals surface area (Å²) in [5.41, 5.74) is 0.371. The lowest BCUT2D eigenvalue weighted by Crippen LogP contribution is -2.54. The van der Waals surface area contributed by atoms with E-state index in [1.807, 2.05) is 30.3 Å². The van der Waals surface area contributed by atoms with Crippen LogP contribution in [0.1, 0.15) is 22.1 Å². The van der Waals surface area contributed by atoms with Gasteiger partial charge >= 0.3 is 0 Å². The number of rotatable bonds is 6. The van der Waals surface area contributed by atoms with E-state index in [0.29, 0.717) is 6.54 Å². The quantitative estimate of drug-likeness (QED) is 0.518. The Morgan fingerprint density at radius 1 is 1.30 bits per heavy atom. The van der Waals surface area contributed by atoms with Gasteiger partial charge < -0.3 is 25.4 Å². The molecule has 0 saturated carbocycles. The van der Waals surface area contributed by atoms with Crippen molar-refractivity contribution in [2.75, 3.05) is 12.9 Å². The highest BCUT2D eigenvalue weighted by molar-refractivity contribution is 7.99. The van der Waals surface area contributed by atoms with Crippen LogP contribution in [0.15, 0.2) is 36.5 Å². The predicted octanol–water partition coefficient (Wildman–Crippen LogP) is -0.449. The fourth-order valence-corrected chi connectivity index (χ4v) is 3.66. The highest BCUT2D eigenvalue weighted by Gasteiger charge is 2.45. The van der Waals surface area contributed by atoms with Crippen LogP contribution in [0, 0.1) is 0 Å². The molecule has 10 heteroatoms. The summed E-state index contributed by atoms with van der Waals surface area (Å²) in [7, 11) is 0. The Morgan fingerprint density at radius 3 is 2.70 bits per heavy atom. The van der Waals surface area contributed by atoms with Crippen molar-refractivity contribution in [1.29, 1.82) is 0 Å². The lowest BCUT2D eigenvalue weighted by molar-refractivity contribution is -0.178. The molecular weight excluding hydrogens is 372 g/mol. The molecule has 1 aliphatic heterocycles. The van der Waals surface area contributed by atoms with Crippen molar-refractivity contribution in [2.45, 2.75) is 36.3 Å². The van der Waals surface area contributed by atoms with Crippen LogP contribution in [-0.2, 0) is 11.3 Å². The molecule has 1 aromatic carbocycles. The smallest absolute Gasteiger partial charge is 0.273 e. The number of hydrogen-bond acceptors (Lipinski definition) is 8. The minimum atomic E-state index is -1.20. The van der Waals surface area contributed by atoms with E-state index in [4.69, 9.17) is 4.74 Å². The molecule has 0 spiro atoms. The summed E-state index contributed by atoms with van der Waals surface area (Å²) in [6, 6.07) is 8.55. The summed E-state index contributed by atoms with van der Waals surface area (Å²) < 4.78 is 6.73. The van der Waals surface area contributed by atoms with Crippen molar-refractivity contribution in [1.82, 2.24) is 20.3 Å².